The van der Waals surface area contributed by atoms with Crippen molar-refractivity contribution < 1.29 is 29.3 Å². The molecule has 0 heterocycles. The lowest BCUT2D eigenvalue weighted by molar-refractivity contribution is 0.0526. The molecule has 0 aliphatic rings. The number of methoxy groups -OCH3 is 1. The molecule has 0 aromatic heterocycles. The molecule has 0 aliphatic carbocycles. The molecular formula is C17H17NO6. The lowest BCUT2D eigenvalue weighted by Crippen LogP contribution is -2.06. The normalized spacial score (nSPS) is 10.1. The number of rotatable bonds is 6. The molecule has 7 nitrogen and oxygen atoms in total. The predicted molar refractivity (Wildman–Crippen MR) is 87.3 cm³/mol. The van der Waals surface area contributed by atoms with E-state index in [1.807, 2.05) is 0 Å². The van der Waals surface area contributed by atoms with Gasteiger partial charge in [0.2, 0.25) is 0 Å². The summed E-state index contributed by atoms with van der Waals surface area (Å²) >= 11 is 0. The maximum absolute atomic E-state index is 11.8. The molecule has 0 fully saturated rings. The first-order chi connectivity index (χ1) is 11.5. The van der Waals surface area contributed by atoms with Crippen LogP contribution in [0.5, 0.6) is 11.5 Å². The summed E-state index contributed by atoms with van der Waals surface area (Å²) in [6.07, 6.45) is 0. The molecule has 126 valence electrons. The fraction of sp³-hybridized carbons (Fsp3) is 0.176. The summed E-state index contributed by atoms with van der Waals surface area (Å²) in [6.45, 7) is 1.91. The minimum absolute atomic E-state index is 0.00302. The van der Waals surface area contributed by atoms with Gasteiger partial charge >= 0.3 is 11.9 Å². The first-order valence-electron chi connectivity index (χ1n) is 7.14. The summed E-state index contributed by atoms with van der Waals surface area (Å²) in [5.74, 6) is -1.36. The second-order valence-corrected chi connectivity index (χ2v) is 4.79. The van der Waals surface area contributed by atoms with E-state index in [-0.39, 0.29) is 34.9 Å². The quantitative estimate of drug-likeness (QED) is 0.552. The first-order valence-corrected chi connectivity index (χ1v) is 7.14. The van der Waals surface area contributed by atoms with E-state index in [9.17, 15) is 19.8 Å². The van der Waals surface area contributed by atoms with Crippen LogP contribution in [0.25, 0.3) is 0 Å². The summed E-state index contributed by atoms with van der Waals surface area (Å²) < 4.78 is 9.99. The third-order valence-electron chi connectivity index (χ3n) is 3.23. The topological polar surface area (TPSA) is 105 Å². The van der Waals surface area contributed by atoms with Crippen LogP contribution in [-0.2, 0) is 4.74 Å². The Labute approximate surface area is 138 Å². The van der Waals surface area contributed by atoms with Crippen LogP contribution in [-0.4, -0.2) is 35.9 Å². The highest BCUT2D eigenvalue weighted by atomic mass is 16.5. The van der Waals surface area contributed by atoms with Crippen molar-refractivity contribution in [3.8, 4) is 11.5 Å². The zero-order valence-electron chi connectivity index (χ0n) is 13.2. The third-order valence-corrected chi connectivity index (χ3v) is 3.23. The minimum Gasteiger partial charge on any atom is -0.506 e. The second-order valence-electron chi connectivity index (χ2n) is 4.79. The number of esters is 1. The molecule has 0 aliphatic heterocycles. The van der Waals surface area contributed by atoms with Gasteiger partial charge in [-0.3, -0.25) is 0 Å². The van der Waals surface area contributed by atoms with Gasteiger partial charge in [0.25, 0.3) is 0 Å². The van der Waals surface area contributed by atoms with Crippen LogP contribution >= 0.6 is 0 Å². The van der Waals surface area contributed by atoms with E-state index in [1.54, 1.807) is 6.92 Å². The number of benzene rings is 2. The molecular weight excluding hydrogens is 314 g/mol. The number of ether oxygens (including phenoxy) is 2. The molecule has 7 heteroatoms. The van der Waals surface area contributed by atoms with Crippen molar-refractivity contribution in [2.24, 2.45) is 0 Å². The van der Waals surface area contributed by atoms with Gasteiger partial charge in [-0.15, -0.1) is 0 Å². The lowest BCUT2D eigenvalue weighted by Gasteiger charge is -2.13. The molecule has 0 atom stereocenters. The molecule has 0 spiro atoms. The largest absolute Gasteiger partial charge is 0.506 e. The Balaban J connectivity index is 2.42. The molecule has 0 unspecified atom stereocenters. The van der Waals surface area contributed by atoms with E-state index in [0.717, 1.165) is 0 Å². The van der Waals surface area contributed by atoms with Crippen LogP contribution in [0.15, 0.2) is 36.4 Å². The van der Waals surface area contributed by atoms with Crippen molar-refractivity contribution in [3.05, 3.63) is 47.5 Å². The van der Waals surface area contributed by atoms with Crippen molar-refractivity contribution >= 4 is 23.3 Å². The molecule has 0 saturated carbocycles. The third kappa shape index (κ3) is 3.75. The highest BCUT2D eigenvalue weighted by molar-refractivity contribution is 5.96. The van der Waals surface area contributed by atoms with Gasteiger partial charge in [0, 0.05) is 6.07 Å². The number of carbonyl (C=O) groups is 2. The standard InChI is InChI=1S/C17H17NO6/c1-3-24-17(22)10-4-7-15(19)14(8-10)18-13-9-11(23-2)5-6-12(13)16(20)21/h4-9,18-19H,3H2,1-2H3,(H,20,21). The number of hydrogen-bond donors (Lipinski definition) is 3. The number of carboxylic acid groups (broad SMARTS) is 1. The van der Waals surface area contributed by atoms with Crippen molar-refractivity contribution in [2.75, 3.05) is 19.0 Å². The smallest absolute Gasteiger partial charge is 0.338 e. The van der Waals surface area contributed by atoms with Crippen LogP contribution in [0.4, 0.5) is 11.4 Å². The summed E-state index contributed by atoms with van der Waals surface area (Å²) in [6, 6.07) is 8.52. The Morgan fingerprint density at radius 3 is 2.50 bits per heavy atom. The van der Waals surface area contributed by atoms with Gasteiger partial charge < -0.3 is 25.0 Å². The Bertz CT molecular complexity index is 772. The fourth-order valence-corrected chi connectivity index (χ4v) is 2.06. The molecule has 0 amide bonds. The summed E-state index contributed by atoms with van der Waals surface area (Å²) in [5.41, 5.74) is 0.628. The van der Waals surface area contributed by atoms with Crippen molar-refractivity contribution in [1.29, 1.82) is 0 Å². The van der Waals surface area contributed by atoms with Gasteiger partial charge in [-0.2, -0.15) is 0 Å². The highest BCUT2D eigenvalue weighted by Crippen LogP contribution is 2.31. The average Bonchev–Trinajstić information content (AvgIpc) is 2.56. The Morgan fingerprint density at radius 1 is 1.12 bits per heavy atom. The van der Waals surface area contributed by atoms with Gasteiger partial charge in [0.05, 0.1) is 36.2 Å². The van der Waals surface area contributed by atoms with E-state index >= 15 is 0 Å². The Kier molecular flexibility index (Phi) is 5.26. The summed E-state index contributed by atoms with van der Waals surface area (Å²) in [4.78, 5) is 23.1. The number of aromatic carboxylic acids is 1. The molecule has 2 aromatic carbocycles. The number of anilines is 2. The maximum atomic E-state index is 11.8. The second kappa shape index (κ2) is 7.36. The molecule has 2 aromatic rings. The Hall–Kier alpha value is -3.22. The van der Waals surface area contributed by atoms with Gasteiger partial charge in [0.1, 0.15) is 11.5 Å². The van der Waals surface area contributed by atoms with Crippen molar-refractivity contribution in [2.45, 2.75) is 6.92 Å². The van der Waals surface area contributed by atoms with Crippen LogP contribution in [0, 0.1) is 0 Å². The van der Waals surface area contributed by atoms with Crippen molar-refractivity contribution in [1.82, 2.24) is 0 Å². The maximum Gasteiger partial charge on any atom is 0.338 e. The molecule has 0 bridgehead atoms. The van der Waals surface area contributed by atoms with Crippen LogP contribution < -0.4 is 10.1 Å². The minimum atomic E-state index is -1.14. The number of nitrogens with one attached hydrogen (secondary N) is 1. The highest BCUT2D eigenvalue weighted by Gasteiger charge is 2.15. The first kappa shape index (κ1) is 17.1. The van der Waals surface area contributed by atoms with Crippen LogP contribution in [0.3, 0.4) is 0 Å². The summed E-state index contributed by atoms with van der Waals surface area (Å²) in [7, 11) is 1.46. The SMILES string of the molecule is CCOC(=O)c1ccc(O)c(Nc2cc(OC)ccc2C(=O)O)c1. The van der Waals surface area contributed by atoms with Crippen LogP contribution in [0.2, 0.25) is 0 Å². The monoisotopic (exact) mass is 331 g/mol. The number of phenolic OH excluding ortho intramolecular Hbond substituents is 1. The number of hydrogen-bond acceptors (Lipinski definition) is 6. The van der Waals surface area contributed by atoms with Gasteiger partial charge in [-0.1, -0.05) is 0 Å². The van der Waals surface area contributed by atoms with E-state index in [1.165, 1.54) is 43.5 Å². The zero-order chi connectivity index (χ0) is 17.7. The zero-order valence-corrected chi connectivity index (χ0v) is 13.2. The molecule has 0 radical (unpaired) electrons. The molecule has 24 heavy (non-hydrogen) atoms. The number of aromatic hydroxyl groups is 1. The predicted octanol–water partition coefficient (Wildman–Crippen LogP) is 3.02. The molecule has 2 rings (SSSR count). The van der Waals surface area contributed by atoms with Crippen molar-refractivity contribution in [3.63, 3.8) is 0 Å². The average molecular weight is 331 g/mol. The molecule has 0 saturated heterocycles. The molecule has 3 N–H and O–H groups in total. The lowest BCUT2D eigenvalue weighted by atomic mass is 10.1. The van der Waals surface area contributed by atoms with E-state index in [4.69, 9.17) is 9.47 Å². The van der Waals surface area contributed by atoms with Gasteiger partial charge in [-0.25, -0.2) is 9.59 Å². The summed E-state index contributed by atoms with van der Waals surface area (Å²) in [5, 5.41) is 22.1. The van der Waals surface area contributed by atoms with Gasteiger partial charge in [0.15, 0.2) is 0 Å². The Morgan fingerprint density at radius 2 is 1.88 bits per heavy atom. The number of carbonyl (C=O) groups excluding carboxylic acids is 1. The van der Waals surface area contributed by atoms with Crippen LogP contribution in [0.1, 0.15) is 27.6 Å². The van der Waals surface area contributed by atoms with Gasteiger partial charge in [-0.05, 0) is 37.3 Å². The number of carboxylic acids is 1. The van der Waals surface area contributed by atoms with E-state index in [2.05, 4.69) is 5.32 Å². The van der Waals surface area contributed by atoms with E-state index < -0.39 is 11.9 Å². The fourth-order valence-electron chi connectivity index (χ4n) is 2.06. The van der Waals surface area contributed by atoms with E-state index in [0.29, 0.717) is 5.75 Å². The number of phenols is 1.